The first-order valence-electron chi connectivity index (χ1n) is 5.59. The van der Waals surface area contributed by atoms with E-state index in [2.05, 4.69) is 9.97 Å². The smallest absolute Gasteiger partial charge is 0.311 e. The largest absolute Gasteiger partial charge is 0.325 e. The topological polar surface area (TPSA) is 65.7 Å². The Bertz CT molecular complexity index is 570. The van der Waals surface area contributed by atoms with Crippen molar-refractivity contribution in [1.82, 2.24) is 9.97 Å². The van der Waals surface area contributed by atoms with Crippen molar-refractivity contribution in [2.45, 2.75) is 19.3 Å². The van der Waals surface area contributed by atoms with E-state index in [0.29, 0.717) is 5.69 Å². The number of aromatic nitrogens is 2. The second-order valence-electron chi connectivity index (χ2n) is 3.91. The molecule has 0 aliphatic rings. The van der Waals surface area contributed by atoms with Gasteiger partial charge >= 0.3 is 5.69 Å². The number of hydrogen-bond donors (Lipinski definition) is 2. The summed E-state index contributed by atoms with van der Waals surface area (Å²) in [5.74, 6) is 0.0474. The predicted octanol–water partition coefficient (Wildman–Crippen LogP) is 1.61. The molecule has 1 aromatic heterocycles. The predicted molar refractivity (Wildman–Crippen MR) is 66.3 cm³/mol. The van der Waals surface area contributed by atoms with Crippen molar-refractivity contribution < 1.29 is 0 Å². The average Bonchev–Trinajstić information content (AvgIpc) is 2.30. The molecule has 0 aliphatic carbocycles. The molecule has 2 rings (SSSR count). The highest BCUT2D eigenvalue weighted by atomic mass is 16.2. The second kappa shape index (κ2) is 4.82. The first kappa shape index (κ1) is 11.4. The van der Waals surface area contributed by atoms with E-state index < -0.39 is 5.69 Å². The van der Waals surface area contributed by atoms with E-state index in [0.717, 1.165) is 12.0 Å². The molecular weight excluding hydrogens is 216 g/mol. The minimum absolute atomic E-state index is 0.0474. The van der Waals surface area contributed by atoms with Gasteiger partial charge in [0.25, 0.3) is 5.56 Å². The number of rotatable bonds is 3. The Kier molecular flexibility index (Phi) is 3.23. The third-order valence-electron chi connectivity index (χ3n) is 2.77. The van der Waals surface area contributed by atoms with Crippen LogP contribution in [0.15, 0.2) is 46.0 Å². The molecule has 4 heteroatoms. The molecule has 17 heavy (non-hydrogen) atoms. The maximum Gasteiger partial charge on any atom is 0.325 e. The molecule has 0 aliphatic heterocycles. The van der Waals surface area contributed by atoms with Crippen LogP contribution in [-0.2, 0) is 0 Å². The van der Waals surface area contributed by atoms with Crippen LogP contribution in [0.5, 0.6) is 0 Å². The highest BCUT2D eigenvalue weighted by Crippen LogP contribution is 2.24. The molecule has 1 atom stereocenters. The fourth-order valence-corrected chi connectivity index (χ4v) is 2.00. The zero-order valence-electron chi connectivity index (χ0n) is 9.57. The third-order valence-corrected chi connectivity index (χ3v) is 2.77. The molecule has 4 nitrogen and oxygen atoms in total. The number of nitrogens with one attached hydrogen (secondary N) is 2. The van der Waals surface area contributed by atoms with Crippen molar-refractivity contribution in [2.75, 3.05) is 0 Å². The van der Waals surface area contributed by atoms with Gasteiger partial charge in [0.1, 0.15) is 0 Å². The SMILES string of the molecule is CCC(c1ccccc1)c1cc(=O)[nH]c(=O)[nH]1. The standard InChI is InChI=1S/C13H14N2O2/c1-2-10(9-6-4-3-5-7-9)11-8-12(16)15-13(17)14-11/h3-8,10H,2H2,1H3,(H2,14,15,16,17). The van der Waals surface area contributed by atoms with Gasteiger partial charge in [0.15, 0.2) is 0 Å². The van der Waals surface area contributed by atoms with E-state index in [4.69, 9.17) is 0 Å². The Balaban J connectivity index is 2.49. The van der Waals surface area contributed by atoms with Crippen molar-refractivity contribution >= 4 is 0 Å². The van der Waals surface area contributed by atoms with Gasteiger partial charge in [-0.25, -0.2) is 4.79 Å². The molecule has 0 spiro atoms. The number of hydrogen-bond acceptors (Lipinski definition) is 2. The molecule has 0 saturated heterocycles. The van der Waals surface area contributed by atoms with Crippen molar-refractivity contribution in [2.24, 2.45) is 0 Å². The van der Waals surface area contributed by atoms with Gasteiger partial charge in [-0.2, -0.15) is 0 Å². The Labute approximate surface area is 98.3 Å². The van der Waals surface area contributed by atoms with Gasteiger partial charge in [0, 0.05) is 17.7 Å². The minimum atomic E-state index is -0.457. The van der Waals surface area contributed by atoms with Gasteiger partial charge < -0.3 is 4.98 Å². The molecule has 0 amide bonds. The molecule has 1 unspecified atom stereocenters. The number of H-pyrrole nitrogens is 2. The van der Waals surface area contributed by atoms with Crippen molar-refractivity contribution in [3.05, 3.63) is 68.5 Å². The van der Waals surface area contributed by atoms with E-state index >= 15 is 0 Å². The zero-order chi connectivity index (χ0) is 12.3. The fraction of sp³-hybridized carbons (Fsp3) is 0.231. The summed E-state index contributed by atoms with van der Waals surface area (Å²) < 4.78 is 0. The van der Waals surface area contributed by atoms with Crippen LogP contribution in [0.4, 0.5) is 0 Å². The summed E-state index contributed by atoms with van der Waals surface area (Å²) in [5.41, 5.74) is 0.934. The van der Waals surface area contributed by atoms with E-state index in [1.165, 1.54) is 6.07 Å². The van der Waals surface area contributed by atoms with E-state index in [9.17, 15) is 9.59 Å². The summed E-state index contributed by atoms with van der Waals surface area (Å²) in [6, 6.07) is 11.3. The first-order chi connectivity index (χ1) is 8.20. The lowest BCUT2D eigenvalue weighted by Gasteiger charge is -2.14. The van der Waals surface area contributed by atoms with Gasteiger partial charge in [-0.1, -0.05) is 37.3 Å². The van der Waals surface area contributed by atoms with Crippen molar-refractivity contribution in [1.29, 1.82) is 0 Å². The number of aromatic amines is 2. The van der Waals surface area contributed by atoms with Gasteiger partial charge in [-0.05, 0) is 12.0 Å². The maximum absolute atomic E-state index is 11.3. The molecule has 1 heterocycles. The highest BCUT2D eigenvalue weighted by molar-refractivity contribution is 5.27. The molecule has 0 radical (unpaired) electrons. The quantitative estimate of drug-likeness (QED) is 0.841. The molecule has 2 N–H and O–H groups in total. The summed E-state index contributed by atoms with van der Waals surface area (Å²) in [5, 5.41) is 0. The Morgan fingerprint density at radius 3 is 2.41 bits per heavy atom. The summed E-state index contributed by atoms with van der Waals surface area (Å²) in [4.78, 5) is 27.4. The van der Waals surface area contributed by atoms with Crippen molar-refractivity contribution in [3.8, 4) is 0 Å². The Morgan fingerprint density at radius 1 is 1.12 bits per heavy atom. The van der Waals surface area contributed by atoms with E-state index in [1.54, 1.807) is 0 Å². The molecule has 0 saturated carbocycles. The van der Waals surface area contributed by atoms with E-state index in [-0.39, 0.29) is 11.5 Å². The summed E-state index contributed by atoms with van der Waals surface area (Å²) in [6.45, 7) is 2.02. The third kappa shape index (κ3) is 2.53. The Hall–Kier alpha value is -2.10. The lowest BCUT2D eigenvalue weighted by atomic mass is 9.93. The van der Waals surface area contributed by atoms with Gasteiger partial charge in [0.05, 0.1) is 0 Å². The van der Waals surface area contributed by atoms with Crippen LogP contribution in [0.3, 0.4) is 0 Å². The molecule has 1 aromatic carbocycles. The van der Waals surface area contributed by atoms with Gasteiger partial charge in [0.2, 0.25) is 0 Å². The van der Waals surface area contributed by atoms with Crippen molar-refractivity contribution in [3.63, 3.8) is 0 Å². The summed E-state index contributed by atoms with van der Waals surface area (Å²) in [7, 11) is 0. The monoisotopic (exact) mass is 230 g/mol. The molecule has 88 valence electrons. The number of benzene rings is 1. The highest BCUT2D eigenvalue weighted by Gasteiger charge is 2.13. The van der Waals surface area contributed by atoms with Gasteiger partial charge in [-0.15, -0.1) is 0 Å². The average molecular weight is 230 g/mol. The lowest BCUT2D eigenvalue weighted by molar-refractivity contribution is 0.735. The summed E-state index contributed by atoms with van der Waals surface area (Å²) >= 11 is 0. The summed E-state index contributed by atoms with van der Waals surface area (Å²) in [6.07, 6.45) is 0.823. The molecule has 2 aromatic rings. The van der Waals surface area contributed by atoms with E-state index in [1.807, 2.05) is 37.3 Å². The zero-order valence-corrected chi connectivity index (χ0v) is 9.57. The van der Waals surface area contributed by atoms with Crippen LogP contribution >= 0.6 is 0 Å². The maximum atomic E-state index is 11.3. The van der Waals surface area contributed by atoms with Crippen LogP contribution in [-0.4, -0.2) is 9.97 Å². The molecular formula is C13H14N2O2. The second-order valence-corrected chi connectivity index (χ2v) is 3.91. The lowest BCUT2D eigenvalue weighted by Crippen LogP contribution is -2.24. The van der Waals surface area contributed by atoms with Crippen LogP contribution in [0.2, 0.25) is 0 Å². The Morgan fingerprint density at radius 2 is 1.82 bits per heavy atom. The first-order valence-corrected chi connectivity index (χ1v) is 5.59. The van der Waals surface area contributed by atoms with Gasteiger partial charge in [-0.3, -0.25) is 9.78 Å². The van der Waals surface area contributed by atoms with Crippen LogP contribution in [0.25, 0.3) is 0 Å². The fourth-order valence-electron chi connectivity index (χ4n) is 2.00. The molecule has 0 bridgehead atoms. The van der Waals surface area contributed by atoms with Crippen LogP contribution in [0, 0.1) is 0 Å². The molecule has 0 fully saturated rings. The minimum Gasteiger partial charge on any atom is -0.311 e. The van der Waals surface area contributed by atoms with Crippen LogP contribution in [0.1, 0.15) is 30.5 Å². The van der Waals surface area contributed by atoms with Crippen LogP contribution < -0.4 is 11.2 Å². The normalized spacial score (nSPS) is 12.3.